The Morgan fingerprint density at radius 2 is 2.00 bits per heavy atom. The van der Waals surface area contributed by atoms with Gasteiger partial charge in [0.25, 0.3) is 0 Å². The van der Waals surface area contributed by atoms with Crippen LogP contribution in [0.2, 0.25) is 0 Å². The number of ether oxygens (including phenoxy) is 2. The first kappa shape index (κ1) is 13.7. The SMILES string of the molecule is COCC(=O)NC1CCC(Oc2ncccn2)CC1. The lowest BCUT2D eigenvalue weighted by atomic mass is 9.93. The van der Waals surface area contributed by atoms with Crippen LogP contribution in [0.1, 0.15) is 25.7 Å². The van der Waals surface area contributed by atoms with Crippen molar-refractivity contribution in [3.05, 3.63) is 18.5 Å². The molecule has 1 saturated carbocycles. The van der Waals surface area contributed by atoms with Gasteiger partial charge in [0.2, 0.25) is 5.91 Å². The molecule has 6 nitrogen and oxygen atoms in total. The Labute approximate surface area is 112 Å². The van der Waals surface area contributed by atoms with Gasteiger partial charge >= 0.3 is 6.01 Å². The normalized spacial score (nSPS) is 22.8. The lowest BCUT2D eigenvalue weighted by Gasteiger charge is -2.28. The second kappa shape index (κ2) is 7.04. The Morgan fingerprint density at radius 1 is 1.32 bits per heavy atom. The van der Waals surface area contributed by atoms with Crippen LogP contribution in [0.25, 0.3) is 0 Å². The molecule has 1 amide bonds. The number of hydrogen-bond donors (Lipinski definition) is 1. The van der Waals surface area contributed by atoms with Crippen molar-refractivity contribution in [2.75, 3.05) is 13.7 Å². The lowest BCUT2D eigenvalue weighted by Crippen LogP contribution is -2.41. The van der Waals surface area contributed by atoms with Crippen LogP contribution in [-0.2, 0) is 9.53 Å². The van der Waals surface area contributed by atoms with Crippen molar-refractivity contribution in [3.63, 3.8) is 0 Å². The molecule has 19 heavy (non-hydrogen) atoms. The number of aromatic nitrogens is 2. The highest BCUT2D eigenvalue weighted by Gasteiger charge is 2.23. The molecule has 1 aliphatic carbocycles. The summed E-state index contributed by atoms with van der Waals surface area (Å²) in [4.78, 5) is 19.5. The van der Waals surface area contributed by atoms with Crippen LogP contribution in [0.3, 0.4) is 0 Å². The van der Waals surface area contributed by atoms with E-state index in [1.165, 1.54) is 7.11 Å². The summed E-state index contributed by atoms with van der Waals surface area (Å²) in [5.74, 6) is -0.0572. The van der Waals surface area contributed by atoms with Gasteiger partial charge < -0.3 is 14.8 Å². The molecule has 1 N–H and O–H groups in total. The first-order chi connectivity index (χ1) is 9.28. The highest BCUT2D eigenvalue weighted by Crippen LogP contribution is 2.21. The molecule has 1 aromatic rings. The van der Waals surface area contributed by atoms with Gasteiger partial charge in [-0.15, -0.1) is 0 Å². The van der Waals surface area contributed by atoms with Crippen molar-refractivity contribution in [1.29, 1.82) is 0 Å². The van der Waals surface area contributed by atoms with Gasteiger partial charge in [-0.25, -0.2) is 9.97 Å². The van der Waals surface area contributed by atoms with Gasteiger partial charge in [-0.05, 0) is 31.7 Å². The predicted molar refractivity (Wildman–Crippen MR) is 68.7 cm³/mol. The highest BCUT2D eigenvalue weighted by atomic mass is 16.5. The van der Waals surface area contributed by atoms with Crippen LogP contribution in [0.15, 0.2) is 18.5 Å². The van der Waals surface area contributed by atoms with Crippen molar-refractivity contribution >= 4 is 5.91 Å². The number of carbonyl (C=O) groups is 1. The summed E-state index contributed by atoms with van der Waals surface area (Å²) < 4.78 is 10.5. The number of amides is 1. The maximum Gasteiger partial charge on any atom is 0.316 e. The summed E-state index contributed by atoms with van der Waals surface area (Å²) in [7, 11) is 1.52. The zero-order valence-corrected chi connectivity index (χ0v) is 11.0. The van der Waals surface area contributed by atoms with Gasteiger partial charge in [-0.1, -0.05) is 0 Å². The molecule has 0 aliphatic heterocycles. The molecular weight excluding hydrogens is 246 g/mol. The number of nitrogens with zero attached hydrogens (tertiary/aromatic N) is 2. The van der Waals surface area contributed by atoms with E-state index in [1.54, 1.807) is 18.5 Å². The Bertz CT molecular complexity index is 391. The first-order valence-electron chi connectivity index (χ1n) is 6.50. The average Bonchev–Trinajstić information content (AvgIpc) is 2.42. The van der Waals surface area contributed by atoms with E-state index in [0.29, 0.717) is 6.01 Å². The van der Waals surface area contributed by atoms with E-state index in [-0.39, 0.29) is 24.7 Å². The molecule has 0 radical (unpaired) electrons. The molecule has 0 unspecified atom stereocenters. The van der Waals surface area contributed by atoms with Gasteiger partial charge in [0.05, 0.1) is 0 Å². The standard InChI is InChI=1S/C13H19N3O3/c1-18-9-12(17)16-10-3-5-11(6-4-10)19-13-14-7-2-8-15-13/h2,7-8,10-11H,3-6,9H2,1H3,(H,16,17). The van der Waals surface area contributed by atoms with E-state index >= 15 is 0 Å². The number of nitrogens with one attached hydrogen (secondary N) is 1. The van der Waals surface area contributed by atoms with Crippen molar-refractivity contribution < 1.29 is 14.3 Å². The third kappa shape index (κ3) is 4.48. The molecule has 0 atom stereocenters. The quantitative estimate of drug-likeness (QED) is 0.857. The van der Waals surface area contributed by atoms with E-state index in [4.69, 9.17) is 9.47 Å². The fourth-order valence-corrected chi connectivity index (χ4v) is 2.22. The van der Waals surface area contributed by atoms with E-state index in [2.05, 4.69) is 15.3 Å². The average molecular weight is 265 g/mol. The number of hydrogen-bond acceptors (Lipinski definition) is 5. The van der Waals surface area contributed by atoms with Gasteiger partial charge in [0.15, 0.2) is 0 Å². The molecular formula is C13H19N3O3. The molecule has 2 rings (SSSR count). The molecule has 104 valence electrons. The summed E-state index contributed by atoms with van der Waals surface area (Å²) in [6.07, 6.45) is 7.09. The van der Waals surface area contributed by atoms with E-state index in [9.17, 15) is 4.79 Å². The van der Waals surface area contributed by atoms with Gasteiger partial charge in [-0.3, -0.25) is 4.79 Å². The number of carbonyl (C=O) groups excluding carboxylic acids is 1. The van der Waals surface area contributed by atoms with Gasteiger partial charge in [0.1, 0.15) is 12.7 Å². The smallest absolute Gasteiger partial charge is 0.316 e. The summed E-state index contributed by atoms with van der Waals surface area (Å²) >= 11 is 0. The zero-order chi connectivity index (χ0) is 13.5. The van der Waals surface area contributed by atoms with E-state index in [0.717, 1.165) is 25.7 Å². The summed E-state index contributed by atoms with van der Waals surface area (Å²) in [5.41, 5.74) is 0. The maximum atomic E-state index is 11.4. The Hall–Kier alpha value is -1.69. The minimum absolute atomic E-state index is 0.0572. The number of rotatable bonds is 5. The predicted octanol–water partition coefficient (Wildman–Crippen LogP) is 0.929. The summed E-state index contributed by atoms with van der Waals surface area (Å²) in [5, 5.41) is 2.95. The molecule has 6 heteroatoms. The van der Waals surface area contributed by atoms with Crippen LogP contribution in [0.5, 0.6) is 6.01 Å². The second-order valence-electron chi connectivity index (χ2n) is 4.62. The fourth-order valence-electron chi connectivity index (χ4n) is 2.22. The second-order valence-corrected chi connectivity index (χ2v) is 4.62. The molecule has 1 heterocycles. The van der Waals surface area contributed by atoms with Crippen molar-refractivity contribution in [1.82, 2.24) is 15.3 Å². The third-order valence-corrected chi connectivity index (χ3v) is 3.13. The molecule has 1 aromatic heterocycles. The van der Waals surface area contributed by atoms with Crippen LogP contribution in [0, 0.1) is 0 Å². The summed E-state index contributed by atoms with van der Waals surface area (Å²) in [6.45, 7) is 0.119. The maximum absolute atomic E-state index is 11.4. The zero-order valence-electron chi connectivity index (χ0n) is 11.0. The minimum atomic E-state index is -0.0572. The fraction of sp³-hybridized carbons (Fsp3) is 0.615. The lowest BCUT2D eigenvalue weighted by molar-refractivity contribution is -0.125. The summed E-state index contributed by atoms with van der Waals surface area (Å²) in [6, 6.07) is 2.41. The topological polar surface area (TPSA) is 73.3 Å². The minimum Gasteiger partial charge on any atom is -0.460 e. The van der Waals surface area contributed by atoms with E-state index < -0.39 is 0 Å². The highest BCUT2D eigenvalue weighted by molar-refractivity contribution is 5.77. The Balaban J connectivity index is 1.72. The molecule has 0 saturated heterocycles. The molecule has 0 aromatic carbocycles. The Kier molecular flexibility index (Phi) is 5.09. The van der Waals surface area contributed by atoms with Gasteiger partial charge in [-0.2, -0.15) is 0 Å². The van der Waals surface area contributed by atoms with Crippen LogP contribution < -0.4 is 10.1 Å². The van der Waals surface area contributed by atoms with Crippen molar-refractivity contribution in [2.24, 2.45) is 0 Å². The van der Waals surface area contributed by atoms with Crippen LogP contribution in [-0.4, -0.2) is 41.7 Å². The first-order valence-corrected chi connectivity index (χ1v) is 6.50. The molecule has 1 aliphatic rings. The van der Waals surface area contributed by atoms with Gasteiger partial charge in [0, 0.05) is 25.5 Å². The van der Waals surface area contributed by atoms with E-state index in [1.807, 2.05) is 0 Å². The largest absolute Gasteiger partial charge is 0.460 e. The molecule has 1 fully saturated rings. The number of methoxy groups -OCH3 is 1. The van der Waals surface area contributed by atoms with Crippen LogP contribution in [0.4, 0.5) is 0 Å². The molecule has 0 spiro atoms. The monoisotopic (exact) mass is 265 g/mol. The van der Waals surface area contributed by atoms with Crippen molar-refractivity contribution in [2.45, 2.75) is 37.8 Å². The van der Waals surface area contributed by atoms with Crippen LogP contribution >= 0.6 is 0 Å². The Morgan fingerprint density at radius 3 is 2.63 bits per heavy atom. The third-order valence-electron chi connectivity index (χ3n) is 3.13. The van der Waals surface area contributed by atoms with Crippen molar-refractivity contribution in [3.8, 4) is 6.01 Å². The molecule has 0 bridgehead atoms.